The number of rotatable bonds is 5. The van der Waals surface area contributed by atoms with Crippen molar-refractivity contribution in [1.29, 1.82) is 0 Å². The summed E-state index contributed by atoms with van der Waals surface area (Å²) in [7, 11) is 0. The fourth-order valence-corrected chi connectivity index (χ4v) is 1.74. The van der Waals surface area contributed by atoms with Crippen LogP contribution in [-0.4, -0.2) is 20.7 Å². The Morgan fingerprint density at radius 2 is 1.95 bits per heavy atom. The van der Waals surface area contributed by atoms with Gasteiger partial charge in [0, 0.05) is 24.8 Å². The minimum atomic E-state index is -0.0724. The second-order valence-electron chi connectivity index (χ2n) is 4.10. The van der Waals surface area contributed by atoms with E-state index in [4.69, 9.17) is 0 Å². The third kappa shape index (κ3) is 3.54. The first-order chi connectivity index (χ1) is 9.19. The van der Waals surface area contributed by atoms with Gasteiger partial charge in [0.05, 0.1) is 6.54 Å². The van der Waals surface area contributed by atoms with E-state index in [-0.39, 0.29) is 5.91 Å². The number of carbonyl (C=O) groups is 1. The first-order valence-corrected chi connectivity index (χ1v) is 6.17. The highest BCUT2D eigenvalue weighted by Crippen LogP contribution is 2.14. The molecule has 0 radical (unpaired) electrons. The molecule has 0 aliphatic carbocycles. The molecule has 19 heavy (non-hydrogen) atoms. The fraction of sp³-hybridized carbons (Fsp3) is 0.308. The lowest BCUT2D eigenvalue weighted by Gasteiger charge is -2.08. The van der Waals surface area contributed by atoms with Crippen LogP contribution in [-0.2, 0) is 17.9 Å². The fourth-order valence-electron chi connectivity index (χ4n) is 1.74. The topological polar surface area (TPSA) is 71.8 Å². The van der Waals surface area contributed by atoms with Crippen LogP contribution in [0.15, 0.2) is 30.6 Å². The minimum absolute atomic E-state index is 0.0724. The molecule has 0 saturated heterocycles. The van der Waals surface area contributed by atoms with Crippen molar-refractivity contribution in [1.82, 2.24) is 14.8 Å². The van der Waals surface area contributed by atoms with Gasteiger partial charge < -0.3 is 10.6 Å². The second kappa shape index (κ2) is 5.99. The van der Waals surface area contributed by atoms with Crippen molar-refractivity contribution < 1.29 is 4.79 Å². The molecule has 0 spiro atoms. The molecule has 1 heterocycles. The summed E-state index contributed by atoms with van der Waals surface area (Å²) in [5.74, 6) is 0.824. The summed E-state index contributed by atoms with van der Waals surface area (Å²) < 4.78 is 1.85. The molecule has 0 bridgehead atoms. The normalized spacial score (nSPS) is 10.2. The van der Waals surface area contributed by atoms with Gasteiger partial charge in [0.1, 0.15) is 12.2 Å². The molecule has 6 heteroatoms. The Hall–Kier alpha value is -2.37. The lowest BCUT2D eigenvalue weighted by atomic mass is 10.2. The van der Waals surface area contributed by atoms with Gasteiger partial charge >= 0.3 is 0 Å². The van der Waals surface area contributed by atoms with Gasteiger partial charge in [0.25, 0.3) is 0 Å². The lowest BCUT2D eigenvalue weighted by Crippen LogP contribution is -2.09. The Balaban J connectivity index is 1.94. The van der Waals surface area contributed by atoms with E-state index >= 15 is 0 Å². The van der Waals surface area contributed by atoms with E-state index in [0.29, 0.717) is 6.54 Å². The zero-order valence-corrected chi connectivity index (χ0v) is 11.1. The van der Waals surface area contributed by atoms with Crippen LogP contribution >= 0.6 is 0 Å². The molecular weight excluding hydrogens is 242 g/mol. The van der Waals surface area contributed by atoms with Gasteiger partial charge in [-0.2, -0.15) is 5.10 Å². The maximum Gasteiger partial charge on any atom is 0.221 e. The van der Waals surface area contributed by atoms with Crippen molar-refractivity contribution in [3.05, 3.63) is 36.4 Å². The van der Waals surface area contributed by atoms with E-state index in [2.05, 4.69) is 20.7 Å². The quantitative estimate of drug-likeness (QED) is 0.859. The van der Waals surface area contributed by atoms with E-state index in [0.717, 1.165) is 23.7 Å². The summed E-state index contributed by atoms with van der Waals surface area (Å²) in [5.41, 5.74) is 1.76. The molecule has 0 aliphatic rings. The van der Waals surface area contributed by atoms with Crippen molar-refractivity contribution in [3.63, 3.8) is 0 Å². The van der Waals surface area contributed by atoms with Crippen LogP contribution in [0, 0.1) is 0 Å². The highest BCUT2D eigenvalue weighted by Gasteiger charge is 2.02. The maximum absolute atomic E-state index is 10.9. The van der Waals surface area contributed by atoms with Gasteiger partial charge in [-0.05, 0) is 31.2 Å². The molecular formula is C13H17N5O. The predicted octanol–water partition coefficient (Wildman–Crippen LogP) is 1.87. The van der Waals surface area contributed by atoms with Crippen LogP contribution < -0.4 is 10.6 Å². The molecule has 0 fully saturated rings. The molecule has 0 aliphatic heterocycles. The second-order valence-corrected chi connectivity index (χ2v) is 4.10. The van der Waals surface area contributed by atoms with Crippen LogP contribution in [0.1, 0.15) is 19.7 Å². The Kier molecular flexibility index (Phi) is 4.12. The molecule has 0 saturated carbocycles. The summed E-state index contributed by atoms with van der Waals surface area (Å²) in [6, 6.07) is 7.54. The molecule has 0 unspecified atom stereocenters. The average Bonchev–Trinajstić information content (AvgIpc) is 2.84. The third-order valence-electron chi connectivity index (χ3n) is 2.65. The first kappa shape index (κ1) is 13.1. The minimum Gasteiger partial charge on any atom is -0.378 e. The van der Waals surface area contributed by atoms with E-state index in [1.165, 1.54) is 6.92 Å². The van der Waals surface area contributed by atoms with Crippen LogP contribution in [0.5, 0.6) is 0 Å². The highest BCUT2D eigenvalue weighted by atomic mass is 16.1. The summed E-state index contributed by atoms with van der Waals surface area (Å²) in [6.45, 7) is 4.94. The Labute approximate surface area is 111 Å². The van der Waals surface area contributed by atoms with E-state index < -0.39 is 0 Å². The molecule has 1 amide bonds. The monoisotopic (exact) mass is 259 g/mol. The van der Waals surface area contributed by atoms with Gasteiger partial charge in [0.15, 0.2) is 0 Å². The largest absolute Gasteiger partial charge is 0.378 e. The number of anilines is 2. The van der Waals surface area contributed by atoms with Crippen LogP contribution in [0.25, 0.3) is 0 Å². The zero-order chi connectivity index (χ0) is 13.7. The number of benzene rings is 1. The summed E-state index contributed by atoms with van der Waals surface area (Å²) in [5, 5.41) is 10.1. The van der Waals surface area contributed by atoms with Crippen LogP contribution in [0.3, 0.4) is 0 Å². The number of nitrogens with zero attached hydrogens (tertiary/aromatic N) is 3. The number of aryl methyl sites for hydroxylation is 1. The van der Waals surface area contributed by atoms with Gasteiger partial charge in [-0.3, -0.25) is 4.79 Å². The van der Waals surface area contributed by atoms with Crippen molar-refractivity contribution >= 4 is 17.3 Å². The molecule has 1 aromatic carbocycles. The predicted molar refractivity (Wildman–Crippen MR) is 73.8 cm³/mol. The number of hydrogen-bond acceptors (Lipinski definition) is 4. The van der Waals surface area contributed by atoms with E-state index in [1.54, 1.807) is 6.33 Å². The van der Waals surface area contributed by atoms with Gasteiger partial charge in [0.2, 0.25) is 5.91 Å². The number of aromatic nitrogens is 3. The summed E-state index contributed by atoms with van der Waals surface area (Å²) in [4.78, 5) is 15.1. The van der Waals surface area contributed by atoms with Crippen molar-refractivity contribution in [2.75, 3.05) is 10.6 Å². The molecule has 6 nitrogen and oxygen atoms in total. The molecule has 2 rings (SSSR count). The van der Waals surface area contributed by atoms with Crippen LogP contribution in [0.2, 0.25) is 0 Å². The standard InChI is InChI=1S/C13H17N5O/c1-3-18-13(15-9-16-18)8-14-11-4-6-12(7-5-11)17-10(2)19/h4-7,9,14H,3,8H2,1-2H3,(H,17,19). The zero-order valence-electron chi connectivity index (χ0n) is 11.1. The number of hydrogen-bond donors (Lipinski definition) is 2. The van der Waals surface area contributed by atoms with Crippen molar-refractivity contribution in [3.8, 4) is 0 Å². The molecule has 1 aromatic heterocycles. The molecule has 0 atom stereocenters. The summed E-state index contributed by atoms with van der Waals surface area (Å²) >= 11 is 0. The highest BCUT2D eigenvalue weighted by molar-refractivity contribution is 5.88. The van der Waals surface area contributed by atoms with Gasteiger partial charge in [-0.1, -0.05) is 0 Å². The smallest absolute Gasteiger partial charge is 0.221 e. The molecule has 2 N–H and O–H groups in total. The Bertz CT molecular complexity index is 546. The first-order valence-electron chi connectivity index (χ1n) is 6.17. The Morgan fingerprint density at radius 3 is 2.58 bits per heavy atom. The number of nitrogens with one attached hydrogen (secondary N) is 2. The van der Waals surface area contributed by atoms with Crippen molar-refractivity contribution in [2.24, 2.45) is 0 Å². The van der Waals surface area contributed by atoms with Gasteiger partial charge in [-0.25, -0.2) is 9.67 Å². The van der Waals surface area contributed by atoms with E-state index in [1.807, 2.05) is 35.9 Å². The van der Waals surface area contributed by atoms with Crippen molar-refractivity contribution in [2.45, 2.75) is 26.9 Å². The lowest BCUT2D eigenvalue weighted by molar-refractivity contribution is -0.114. The summed E-state index contributed by atoms with van der Waals surface area (Å²) in [6.07, 6.45) is 1.56. The molecule has 2 aromatic rings. The van der Waals surface area contributed by atoms with E-state index in [9.17, 15) is 4.79 Å². The molecule has 100 valence electrons. The third-order valence-corrected chi connectivity index (χ3v) is 2.65. The van der Waals surface area contributed by atoms with Gasteiger partial charge in [-0.15, -0.1) is 0 Å². The average molecular weight is 259 g/mol. The SMILES string of the molecule is CCn1ncnc1CNc1ccc(NC(C)=O)cc1. The number of amides is 1. The number of carbonyl (C=O) groups excluding carboxylic acids is 1. The maximum atomic E-state index is 10.9. The Morgan fingerprint density at radius 1 is 1.26 bits per heavy atom. The van der Waals surface area contributed by atoms with Crippen LogP contribution in [0.4, 0.5) is 11.4 Å².